The average Bonchev–Trinajstić information content (AvgIpc) is 2.40. The quantitative estimate of drug-likeness (QED) is 0.813. The van der Waals surface area contributed by atoms with Gasteiger partial charge >= 0.3 is 0 Å². The third-order valence-corrected chi connectivity index (χ3v) is 3.49. The van der Waals surface area contributed by atoms with Crippen molar-refractivity contribution in [2.75, 3.05) is 19.6 Å². The van der Waals surface area contributed by atoms with Crippen LogP contribution in [0.4, 0.5) is 0 Å². The fourth-order valence-corrected chi connectivity index (χ4v) is 2.45. The Morgan fingerprint density at radius 1 is 1.53 bits per heavy atom. The normalized spacial score (nSPS) is 20.4. The highest BCUT2D eigenvalue weighted by atomic mass is 14.9. The van der Waals surface area contributed by atoms with Gasteiger partial charge in [0.1, 0.15) is 0 Å². The molecular weight excluding hydrogens is 210 g/mol. The summed E-state index contributed by atoms with van der Waals surface area (Å²) in [5.74, 6) is 0.789. The summed E-state index contributed by atoms with van der Waals surface area (Å²) in [5, 5.41) is 6.99. The van der Waals surface area contributed by atoms with Gasteiger partial charge in [0.25, 0.3) is 0 Å². The molecule has 2 heterocycles. The van der Waals surface area contributed by atoms with Gasteiger partial charge in [0.05, 0.1) is 5.69 Å². The first-order valence-corrected chi connectivity index (χ1v) is 6.74. The number of hydrogen-bond donors (Lipinski definition) is 2. The molecule has 17 heavy (non-hydrogen) atoms. The van der Waals surface area contributed by atoms with Crippen LogP contribution in [0.1, 0.15) is 31.0 Å². The Labute approximate surface area is 104 Å². The minimum atomic E-state index is 0.789. The molecule has 0 amide bonds. The lowest BCUT2D eigenvalue weighted by Gasteiger charge is -2.23. The molecule has 1 aromatic rings. The Balaban J connectivity index is 1.77. The number of pyridine rings is 1. The molecule has 0 aliphatic carbocycles. The van der Waals surface area contributed by atoms with Gasteiger partial charge in [0, 0.05) is 12.7 Å². The summed E-state index contributed by atoms with van der Waals surface area (Å²) in [5.41, 5.74) is 2.57. The maximum absolute atomic E-state index is 4.45. The molecule has 0 radical (unpaired) electrons. The van der Waals surface area contributed by atoms with Crippen LogP contribution in [0.5, 0.6) is 0 Å². The largest absolute Gasteiger partial charge is 0.316 e. The molecule has 1 unspecified atom stereocenters. The first-order valence-electron chi connectivity index (χ1n) is 6.74. The van der Waals surface area contributed by atoms with E-state index < -0.39 is 0 Å². The van der Waals surface area contributed by atoms with E-state index in [1.165, 1.54) is 30.6 Å². The first kappa shape index (κ1) is 12.5. The van der Waals surface area contributed by atoms with Gasteiger partial charge in [-0.15, -0.1) is 0 Å². The number of nitrogens with zero attached hydrogens (tertiary/aromatic N) is 1. The topological polar surface area (TPSA) is 37.0 Å². The van der Waals surface area contributed by atoms with Crippen LogP contribution in [0, 0.1) is 5.92 Å². The molecule has 94 valence electrons. The number of rotatable bonds is 5. The lowest BCUT2D eigenvalue weighted by molar-refractivity contribution is 0.359. The molecule has 0 bridgehead atoms. The maximum atomic E-state index is 4.45. The van der Waals surface area contributed by atoms with Crippen molar-refractivity contribution >= 4 is 0 Å². The van der Waals surface area contributed by atoms with E-state index in [1.807, 2.05) is 12.3 Å². The summed E-state index contributed by atoms with van der Waals surface area (Å²) >= 11 is 0. The van der Waals surface area contributed by atoms with Crippen LogP contribution in [-0.4, -0.2) is 24.6 Å². The molecule has 2 N–H and O–H groups in total. The Morgan fingerprint density at radius 3 is 3.24 bits per heavy atom. The summed E-state index contributed by atoms with van der Waals surface area (Å²) < 4.78 is 0. The lowest BCUT2D eigenvalue weighted by Crippen LogP contribution is -2.36. The molecule has 1 atom stereocenters. The van der Waals surface area contributed by atoms with Gasteiger partial charge in [0.15, 0.2) is 0 Å². The maximum Gasteiger partial charge on any atom is 0.0573 e. The van der Waals surface area contributed by atoms with Crippen molar-refractivity contribution < 1.29 is 0 Å². The summed E-state index contributed by atoms with van der Waals surface area (Å²) in [4.78, 5) is 4.45. The number of piperidine rings is 1. The highest BCUT2D eigenvalue weighted by Gasteiger charge is 2.12. The van der Waals surface area contributed by atoms with Crippen molar-refractivity contribution in [3.63, 3.8) is 0 Å². The van der Waals surface area contributed by atoms with E-state index in [1.54, 1.807) is 0 Å². The molecule has 3 nitrogen and oxygen atoms in total. The lowest BCUT2D eigenvalue weighted by atomic mass is 10.00. The Kier molecular flexibility index (Phi) is 4.95. The Bertz CT molecular complexity index is 332. The van der Waals surface area contributed by atoms with Crippen molar-refractivity contribution in [1.29, 1.82) is 0 Å². The van der Waals surface area contributed by atoms with Gasteiger partial charge < -0.3 is 10.6 Å². The van der Waals surface area contributed by atoms with E-state index in [4.69, 9.17) is 0 Å². The minimum absolute atomic E-state index is 0.789. The predicted octanol–water partition coefficient (Wildman–Crippen LogP) is 1.73. The predicted molar refractivity (Wildman–Crippen MR) is 70.9 cm³/mol. The smallest absolute Gasteiger partial charge is 0.0573 e. The van der Waals surface area contributed by atoms with Crippen LogP contribution >= 0.6 is 0 Å². The van der Waals surface area contributed by atoms with Crippen molar-refractivity contribution in [3.05, 3.63) is 29.6 Å². The number of aromatic nitrogens is 1. The summed E-state index contributed by atoms with van der Waals surface area (Å²) in [7, 11) is 0. The van der Waals surface area contributed by atoms with Crippen LogP contribution in [-0.2, 0) is 13.0 Å². The third kappa shape index (κ3) is 3.79. The average molecular weight is 233 g/mol. The van der Waals surface area contributed by atoms with Crippen LogP contribution in [0.3, 0.4) is 0 Å². The van der Waals surface area contributed by atoms with Gasteiger partial charge in [-0.25, -0.2) is 0 Å². The molecule has 1 saturated heterocycles. The van der Waals surface area contributed by atoms with Crippen molar-refractivity contribution in [1.82, 2.24) is 15.6 Å². The van der Waals surface area contributed by atoms with Crippen LogP contribution < -0.4 is 10.6 Å². The molecule has 0 spiro atoms. The molecule has 2 rings (SSSR count). The van der Waals surface area contributed by atoms with Gasteiger partial charge in [0.2, 0.25) is 0 Å². The highest BCUT2D eigenvalue weighted by Crippen LogP contribution is 2.09. The van der Waals surface area contributed by atoms with E-state index in [2.05, 4.69) is 28.6 Å². The third-order valence-electron chi connectivity index (χ3n) is 3.49. The van der Waals surface area contributed by atoms with Crippen molar-refractivity contribution in [2.45, 2.75) is 32.7 Å². The molecular formula is C14H23N3. The van der Waals surface area contributed by atoms with Crippen molar-refractivity contribution in [2.24, 2.45) is 5.92 Å². The van der Waals surface area contributed by atoms with Gasteiger partial charge in [-0.3, -0.25) is 4.98 Å². The summed E-state index contributed by atoms with van der Waals surface area (Å²) in [6.07, 6.45) is 5.62. The zero-order valence-corrected chi connectivity index (χ0v) is 10.7. The second-order valence-corrected chi connectivity index (χ2v) is 4.81. The summed E-state index contributed by atoms with van der Waals surface area (Å²) in [6, 6.07) is 4.19. The molecule has 1 aromatic heterocycles. The van der Waals surface area contributed by atoms with E-state index >= 15 is 0 Å². The fourth-order valence-electron chi connectivity index (χ4n) is 2.45. The van der Waals surface area contributed by atoms with Gasteiger partial charge in [-0.1, -0.05) is 13.0 Å². The Hall–Kier alpha value is -0.930. The summed E-state index contributed by atoms with van der Waals surface area (Å²) in [6.45, 7) is 6.55. The zero-order chi connectivity index (χ0) is 11.9. The molecule has 3 heteroatoms. The van der Waals surface area contributed by atoms with Crippen molar-refractivity contribution in [3.8, 4) is 0 Å². The molecule has 0 aromatic carbocycles. The number of nitrogens with one attached hydrogen (secondary N) is 2. The Morgan fingerprint density at radius 2 is 2.47 bits per heavy atom. The van der Waals surface area contributed by atoms with E-state index in [-0.39, 0.29) is 0 Å². The van der Waals surface area contributed by atoms with Crippen LogP contribution in [0.15, 0.2) is 18.3 Å². The molecule has 1 aliphatic heterocycles. The van der Waals surface area contributed by atoms with E-state index in [0.29, 0.717) is 0 Å². The van der Waals surface area contributed by atoms with E-state index in [0.717, 1.165) is 32.0 Å². The van der Waals surface area contributed by atoms with Gasteiger partial charge in [-0.05, 0) is 56.4 Å². The van der Waals surface area contributed by atoms with E-state index in [9.17, 15) is 0 Å². The molecule has 0 saturated carbocycles. The number of hydrogen-bond acceptors (Lipinski definition) is 3. The standard InChI is InChI=1S/C14H23N3/c1-2-13-6-4-8-17-14(13)11-16-10-12-5-3-7-15-9-12/h4,6,8,12,15-16H,2-3,5,7,9-11H2,1H3. The van der Waals surface area contributed by atoms with Gasteiger partial charge in [-0.2, -0.15) is 0 Å². The van der Waals surface area contributed by atoms with Crippen LogP contribution in [0.25, 0.3) is 0 Å². The second-order valence-electron chi connectivity index (χ2n) is 4.81. The first-order chi connectivity index (χ1) is 8.40. The molecule has 1 fully saturated rings. The monoisotopic (exact) mass is 233 g/mol. The zero-order valence-electron chi connectivity index (χ0n) is 10.7. The second kappa shape index (κ2) is 6.72. The van der Waals surface area contributed by atoms with Crippen LogP contribution in [0.2, 0.25) is 0 Å². The molecule has 1 aliphatic rings. The SMILES string of the molecule is CCc1cccnc1CNCC1CCCNC1. The number of aryl methyl sites for hydroxylation is 1. The fraction of sp³-hybridized carbons (Fsp3) is 0.643. The highest BCUT2D eigenvalue weighted by molar-refractivity contribution is 5.19. The minimum Gasteiger partial charge on any atom is -0.316 e.